The van der Waals surface area contributed by atoms with E-state index in [-0.39, 0.29) is 24.9 Å². The smallest absolute Gasteiger partial charge is 0.343 e. The molecule has 10 nitrogen and oxygen atoms in total. The van der Waals surface area contributed by atoms with Crippen molar-refractivity contribution in [2.75, 3.05) is 45.6 Å². The van der Waals surface area contributed by atoms with Crippen molar-refractivity contribution in [3.63, 3.8) is 0 Å². The number of rotatable bonds is 13. The summed E-state index contributed by atoms with van der Waals surface area (Å²) in [6.45, 7) is 1.60. The fourth-order valence-corrected chi connectivity index (χ4v) is 4.67. The third-order valence-electron chi connectivity index (χ3n) is 6.40. The van der Waals surface area contributed by atoms with Crippen LogP contribution in [0.5, 0.6) is 5.75 Å². The molecular formula is C28H32ClN5O5. The van der Waals surface area contributed by atoms with E-state index in [4.69, 9.17) is 31.8 Å². The number of hydrogen-bond donors (Lipinski definition) is 1. The Morgan fingerprint density at radius 1 is 1.08 bits per heavy atom. The van der Waals surface area contributed by atoms with Crippen LogP contribution in [0.1, 0.15) is 17.8 Å². The summed E-state index contributed by atoms with van der Waals surface area (Å²) >= 11 is 5.96. The van der Waals surface area contributed by atoms with E-state index < -0.39 is 5.97 Å². The maximum Gasteiger partial charge on any atom is 0.343 e. The molecule has 0 radical (unpaired) electrons. The molecule has 206 valence electrons. The fraction of sp³-hybridized carbons (Fsp3) is 0.357. The number of aromatic nitrogens is 3. The summed E-state index contributed by atoms with van der Waals surface area (Å²) in [4.78, 5) is 35.4. The topological polar surface area (TPSA) is 122 Å². The van der Waals surface area contributed by atoms with Crippen LogP contribution in [0.2, 0.25) is 0 Å². The number of carbonyl (C=O) groups excluding carboxylic acids is 2. The van der Waals surface area contributed by atoms with Gasteiger partial charge in [-0.25, -0.2) is 14.8 Å². The molecule has 11 heteroatoms. The number of carbonyl (C=O) groups is 2. The minimum atomic E-state index is -0.487. The minimum Gasteiger partial charge on any atom is -0.482 e. The predicted octanol–water partition coefficient (Wildman–Crippen LogP) is 3.57. The molecule has 0 saturated heterocycles. The van der Waals surface area contributed by atoms with Crippen LogP contribution >= 0.6 is 11.6 Å². The van der Waals surface area contributed by atoms with Gasteiger partial charge in [-0.1, -0.05) is 36.4 Å². The minimum absolute atomic E-state index is 0.148. The van der Waals surface area contributed by atoms with Crippen LogP contribution in [0.25, 0.3) is 21.9 Å². The largest absolute Gasteiger partial charge is 0.482 e. The number of nitrogen functional groups attached to an aromatic ring is 1. The van der Waals surface area contributed by atoms with Gasteiger partial charge in [-0.05, 0) is 18.6 Å². The lowest BCUT2D eigenvalue weighted by Crippen LogP contribution is -2.33. The highest BCUT2D eigenvalue weighted by Gasteiger charge is 2.19. The molecule has 0 aliphatic carbocycles. The lowest BCUT2D eigenvalue weighted by atomic mass is 10.1. The van der Waals surface area contributed by atoms with Gasteiger partial charge in [-0.2, -0.15) is 0 Å². The van der Waals surface area contributed by atoms with Gasteiger partial charge < -0.3 is 29.4 Å². The van der Waals surface area contributed by atoms with E-state index in [0.717, 1.165) is 27.8 Å². The highest BCUT2D eigenvalue weighted by molar-refractivity contribution is 6.27. The number of ether oxygens (including phenoxy) is 3. The molecule has 0 saturated carbocycles. The van der Waals surface area contributed by atoms with E-state index in [1.807, 2.05) is 36.4 Å². The maximum absolute atomic E-state index is 12.8. The molecule has 4 aromatic rings. The lowest BCUT2D eigenvalue weighted by Gasteiger charge is -2.23. The van der Waals surface area contributed by atoms with E-state index in [1.165, 1.54) is 7.11 Å². The molecule has 0 fully saturated rings. The summed E-state index contributed by atoms with van der Waals surface area (Å²) in [6.07, 6.45) is 1.24. The number of para-hydroxylation sites is 2. The zero-order valence-electron chi connectivity index (χ0n) is 22.1. The molecule has 0 atom stereocenters. The third-order valence-corrected chi connectivity index (χ3v) is 6.63. The quantitative estimate of drug-likeness (QED) is 0.197. The zero-order valence-corrected chi connectivity index (χ0v) is 22.8. The molecule has 2 aromatic carbocycles. The molecule has 1 amide bonds. The highest BCUT2D eigenvalue weighted by atomic mass is 35.5. The van der Waals surface area contributed by atoms with Crippen LogP contribution in [0.3, 0.4) is 0 Å². The van der Waals surface area contributed by atoms with Gasteiger partial charge in [0, 0.05) is 44.1 Å². The lowest BCUT2D eigenvalue weighted by molar-refractivity contribution is -0.143. The number of pyridine rings is 1. The van der Waals surface area contributed by atoms with Gasteiger partial charge in [-0.3, -0.25) is 4.79 Å². The van der Waals surface area contributed by atoms with Crippen LogP contribution in [-0.2, 0) is 38.6 Å². The zero-order chi connectivity index (χ0) is 27.8. The van der Waals surface area contributed by atoms with Crippen molar-refractivity contribution >= 4 is 51.2 Å². The number of nitrogens with zero attached hydrogens (tertiary/aromatic N) is 4. The number of fused-ring (bicyclic) bond motifs is 3. The highest BCUT2D eigenvalue weighted by Crippen LogP contribution is 2.29. The Labute approximate surface area is 231 Å². The molecule has 4 rings (SSSR count). The second-order valence-corrected chi connectivity index (χ2v) is 9.18. The van der Waals surface area contributed by atoms with Crippen molar-refractivity contribution in [2.45, 2.75) is 25.9 Å². The number of hydrogen-bond acceptors (Lipinski definition) is 8. The van der Waals surface area contributed by atoms with Crippen molar-refractivity contribution < 1.29 is 23.8 Å². The van der Waals surface area contributed by atoms with Crippen molar-refractivity contribution in [2.24, 2.45) is 0 Å². The number of aryl methyl sites for hydroxylation is 1. The van der Waals surface area contributed by atoms with Gasteiger partial charge in [0.2, 0.25) is 5.91 Å². The number of imidazole rings is 1. The summed E-state index contributed by atoms with van der Waals surface area (Å²) in [6, 6.07) is 15.1. The van der Waals surface area contributed by atoms with Gasteiger partial charge in [0.25, 0.3) is 0 Å². The fourth-order valence-electron chi connectivity index (χ4n) is 4.50. The summed E-state index contributed by atoms with van der Waals surface area (Å²) < 4.78 is 17.8. The first-order valence-corrected chi connectivity index (χ1v) is 13.1. The SMILES string of the molecule is COCCc1nc2c(N)nc3ccccc3c2n1CCCN(Cc1ccccc1OCC(=O)OC)C(=O)CCl. The number of alkyl halides is 1. The van der Waals surface area contributed by atoms with Gasteiger partial charge >= 0.3 is 5.97 Å². The molecule has 2 N–H and O–H groups in total. The monoisotopic (exact) mass is 553 g/mol. The Bertz CT molecular complexity index is 1460. The van der Waals surface area contributed by atoms with E-state index in [1.54, 1.807) is 24.1 Å². The normalized spacial score (nSPS) is 11.2. The second kappa shape index (κ2) is 13.3. The van der Waals surface area contributed by atoms with Crippen LogP contribution in [-0.4, -0.2) is 71.2 Å². The van der Waals surface area contributed by atoms with Gasteiger partial charge in [0.05, 0.1) is 24.8 Å². The number of halogens is 1. The van der Waals surface area contributed by atoms with E-state index in [2.05, 4.69) is 14.3 Å². The molecule has 2 aromatic heterocycles. The summed E-state index contributed by atoms with van der Waals surface area (Å²) in [5.74, 6) is 0.891. The first-order chi connectivity index (χ1) is 19.0. The number of anilines is 1. The Balaban J connectivity index is 1.58. The molecule has 0 bridgehead atoms. The average molecular weight is 554 g/mol. The summed E-state index contributed by atoms with van der Waals surface area (Å²) in [7, 11) is 2.96. The predicted molar refractivity (Wildman–Crippen MR) is 150 cm³/mol. The van der Waals surface area contributed by atoms with Crippen LogP contribution in [0.4, 0.5) is 5.82 Å². The number of nitrogens with two attached hydrogens (primary N) is 1. The van der Waals surface area contributed by atoms with Gasteiger partial charge in [0.15, 0.2) is 12.4 Å². The van der Waals surface area contributed by atoms with Crippen molar-refractivity contribution in [1.29, 1.82) is 0 Å². The second-order valence-electron chi connectivity index (χ2n) is 8.91. The Morgan fingerprint density at radius 2 is 1.85 bits per heavy atom. The summed E-state index contributed by atoms with van der Waals surface area (Å²) in [5, 5.41) is 0.961. The van der Waals surface area contributed by atoms with Gasteiger partial charge in [0.1, 0.15) is 23.0 Å². The average Bonchev–Trinajstić information content (AvgIpc) is 3.33. The van der Waals surface area contributed by atoms with Crippen molar-refractivity contribution in [1.82, 2.24) is 19.4 Å². The standard InChI is InChI=1S/C28H32ClN5O5/c1-37-15-12-23-32-26-27(20-9-4-5-10-21(20)31-28(26)30)34(23)14-7-13-33(24(35)16-29)17-19-8-3-6-11-22(19)39-18-25(36)38-2/h3-6,8-11H,7,12-18H2,1-2H3,(H2,30,31). The molecular weight excluding hydrogens is 522 g/mol. The summed E-state index contributed by atoms with van der Waals surface area (Å²) in [5.41, 5.74) is 9.43. The third kappa shape index (κ3) is 6.58. The van der Waals surface area contributed by atoms with Crippen LogP contribution in [0.15, 0.2) is 48.5 Å². The van der Waals surface area contributed by atoms with E-state index in [0.29, 0.717) is 49.6 Å². The van der Waals surface area contributed by atoms with E-state index >= 15 is 0 Å². The number of methoxy groups -OCH3 is 2. The van der Waals surface area contributed by atoms with Crippen LogP contribution < -0.4 is 10.5 Å². The molecule has 0 unspecified atom stereocenters. The number of amides is 1. The first-order valence-electron chi connectivity index (χ1n) is 12.6. The Hall–Kier alpha value is -3.89. The Morgan fingerprint density at radius 3 is 2.62 bits per heavy atom. The maximum atomic E-state index is 12.8. The molecule has 2 heterocycles. The molecule has 0 aliphatic rings. The molecule has 0 spiro atoms. The van der Waals surface area contributed by atoms with Crippen LogP contribution in [0, 0.1) is 0 Å². The van der Waals surface area contributed by atoms with Crippen molar-refractivity contribution in [3.8, 4) is 5.75 Å². The van der Waals surface area contributed by atoms with Crippen molar-refractivity contribution in [3.05, 3.63) is 59.9 Å². The van der Waals surface area contributed by atoms with E-state index in [9.17, 15) is 9.59 Å². The molecule has 39 heavy (non-hydrogen) atoms. The number of benzene rings is 2. The Kier molecular flexibility index (Phi) is 9.56. The number of esters is 1. The van der Waals surface area contributed by atoms with Gasteiger partial charge in [-0.15, -0.1) is 11.6 Å². The first kappa shape index (κ1) is 28.1. The molecule has 0 aliphatic heterocycles.